The van der Waals surface area contributed by atoms with Crippen molar-refractivity contribution in [3.8, 4) is 17.2 Å². The van der Waals surface area contributed by atoms with Crippen LogP contribution in [0.15, 0.2) is 78.9 Å². The number of hydrogen-bond acceptors (Lipinski definition) is 4. The van der Waals surface area contributed by atoms with E-state index in [-0.39, 0.29) is 0 Å². The van der Waals surface area contributed by atoms with Crippen LogP contribution in [-0.2, 0) is 19.7 Å². The topological polar surface area (TPSA) is 39.7 Å². The molecular weight excluding hydrogens is 386 g/mol. The number of aryl methyl sites for hydroxylation is 1. The van der Waals surface area contributed by atoms with Crippen LogP contribution >= 0.6 is 0 Å². The summed E-state index contributed by atoms with van der Waals surface area (Å²) >= 11 is 0. The summed E-state index contributed by atoms with van der Waals surface area (Å²) in [7, 11) is 0. The molecule has 1 N–H and O–H groups in total. The van der Waals surface area contributed by atoms with Gasteiger partial charge in [-0.2, -0.15) is 0 Å². The highest BCUT2D eigenvalue weighted by molar-refractivity contribution is 5.87. The molecule has 5 rings (SSSR count). The lowest BCUT2D eigenvalue weighted by Gasteiger charge is -2.16. The Morgan fingerprint density at radius 2 is 1.68 bits per heavy atom. The van der Waals surface area contributed by atoms with Crippen LogP contribution in [0, 0.1) is 6.92 Å². The third kappa shape index (κ3) is 4.21. The van der Waals surface area contributed by atoms with Crippen molar-refractivity contribution >= 4 is 10.8 Å². The van der Waals surface area contributed by atoms with E-state index in [4.69, 9.17) is 14.2 Å². The standard InChI is InChI=1S/C27H25NO3/c1-19-6-2-3-8-22(19)17-29-25-13-11-21-7-4-5-9-23(21)24(25)16-28-15-20-10-12-26-27(14-20)31-18-30-26/h2-14,28H,15-18H2,1H3. The fraction of sp³-hybridized carbons (Fsp3) is 0.185. The molecule has 0 aromatic heterocycles. The highest BCUT2D eigenvalue weighted by Crippen LogP contribution is 2.33. The van der Waals surface area contributed by atoms with Gasteiger partial charge in [0.15, 0.2) is 11.5 Å². The first-order valence-electron chi connectivity index (χ1n) is 10.5. The van der Waals surface area contributed by atoms with Gasteiger partial charge in [-0.05, 0) is 52.6 Å². The maximum absolute atomic E-state index is 6.30. The molecule has 0 amide bonds. The van der Waals surface area contributed by atoms with Gasteiger partial charge in [-0.1, -0.05) is 60.7 Å². The summed E-state index contributed by atoms with van der Waals surface area (Å²) in [6.45, 7) is 4.41. The summed E-state index contributed by atoms with van der Waals surface area (Å²) in [5.74, 6) is 2.54. The highest BCUT2D eigenvalue weighted by Gasteiger charge is 2.14. The molecule has 0 aliphatic carbocycles. The van der Waals surface area contributed by atoms with Crippen LogP contribution in [0.5, 0.6) is 17.2 Å². The Kier molecular flexibility index (Phi) is 5.46. The maximum atomic E-state index is 6.30. The molecule has 0 saturated carbocycles. The number of rotatable bonds is 7. The zero-order valence-corrected chi connectivity index (χ0v) is 17.6. The Hall–Kier alpha value is -3.50. The Bertz CT molecular complexity index is 1220. The van der Waals surface area contributed by atoms with Gasteiger partial charge in [-0.3, -0.25) is 0 Å². The summed E-state index contributed by atoms with van der Waals surface area (Å²) in [5.41, 5.74) is 4.78. The maximum Gasteiger partial charge on any atom is 0.231 e. The molecule has 0 atom stereocenters. The SMILES string of the molecule is Cc1ccccc1COc1ccc2ccccc2c1CNCc1ccc2c(c1)OCO2. The molecule has 156 valence electrons. The van der Waals surface area contributed by atoms with Crippen molar-refractivity contribution in [2.75, 3.05) is 6.79 Å². The number of ether oxygens (including phenoxy) is 3. The number of hydrogen-bond donors (Lipinski definition) is 1. The summed E-state index contributed by atoms with van der Waals surface area (Å²) in [5, 5.41) is 6.00. The number of fused-ring (bicyclic) bond motifs is 2. The normalized spacial score (nSPS) is 12.3. The van der Waals surface area contributed by atoms with E-state index in [1.54, 1.807) is 0 Å². The van der Waals surface area contributed by atoms with E-state index < -0.39 is 0 Å². The van der Waals surface area contributed by atoms with Crippen molar-refractivity contribution in [3.05, 3.63) is 101 Å². The van der Waals surface area contributed by atoms with E-state index in [9.17, 15) is 0 Å². The molecular formula is C27H25NO3. The second-order valence-electron chi connectivity index (χ2n) is 7.77. The quantitative estimate of drug-likeness (QED) is 0.421. The van der Waals surface area contributed by atoms with Crippen LogP contribution in [0.4, 0.5) is 0 Å². The Labute approximate surface area is 182 Å². The summed E-state index contributed by atoms with van der Waals surface area (Å²) in [6.07, 6.45) is 0. The fourth-order valence-electron chi connectivity index (χ4n) is 3.94. The molecule has 1 aliphatic rings. The fourth-order valence-corrected chi connectivity index (χ4v) is 3.94. The van der Waals surface area contributed by atoms with Crippen LogP contribution in [-0.4, -0.2) is 6.79 Å². The zero-order valence-electron chi connectivity index (χ0n) is 17.6. The summed E-state index contributed by atoms with van der Waals surface area (Å²) < 4.78 is 17.2. The molecule has 0 fully saturated rings. The van der Waals surface area contributed by atoms with Crippen molar-refractivity contribution < 1.29 is 14.2 Å². The van der Waals surface area contributed by atoms with Gasteiger partial charge in [0.25, 0.3) is 0 Å². The molecule has 0 bridgehead atoms. The first kappa shape index (κ1) is 19.5. The van der Waals surface area contributed by atoms with Crippen molar-refractivity contribution in [1.29, 1.82) is 0 Å². The van der Waals surface area contributed by atoms with Gasteiger partial charge in [0.2, 0.25) is 6.79 Å². The van der Waals surface area contributed by atoms with Crippen LogP contribution in [0.25, 0.3) is 10.8 Å². The molecule has 4 nitrogen and oxygen atoms in total. The molecule has 1 aliphatic heterocycles. The molecule has 4 aromatic carbocycles. The van der Waals surface area contributed by atoms with Crippen LogP contribution in [0.3, 0.4) is 0 Å². The van der Waals surface area contributed by atoms with Crippen LogP contribution in [0.1, 0.15) is 22.3 Å². The predicted octanol–water partition coefficient (Wildman–Crippen LogP) is 5.75. The van der Waals surface area contributed by atoms with Gasteiger partial charge >= 0.3 is 0 Å². The Morgan fingerprint density at radius 3 is 2.61 bits per heavy atom. The van der Waals surface area contributed by atoms with E-state index in [0.29, 0.717) is 19.9 Å². The second kappa shape index (κ2) is 8.70. The third-order valence-corrected chi connectivity index (χ3v) is 5.71. The largest absolute Gasteiger partial charge is 0.489 e. The molecule has 0 unspecified atom stereocenters. The lowest BCUT2D eigenvalue weighted by atomic mass is 10.0. The lowest BCUT2D eigenvalue weighted by molar-refractivity contribution is 0.174. The molecule has 31 heavy (non-hydrogen) atoms. The molecule has 1 heterocycles. The molecule has 4 aromatic rings. The Morgan fingerprint density at radius 1 is 0.839 bits per heavy atom. The highest BCUT2D eigenvalue weighted by atomic mass is 16.7. The molecule has 4 heteroatoms. The summed E-state index contributed by atoms with van der Waals surface area (Å²) in [6, 6.07) is 27.1. The predicted molar refractivity (Wildman–Crippen MR) is 123 cm³/mol. The van der Waals surface area contributed by atoms with Gasteiger partial charge in [0.1, 0.15) is 12.4 Å². The van der Waals surface area contributed by atoms with Gasteiger partial charge in [0, 0.05) is 18.7 Å². The van der Waals surface area contributed by atoms with Crippen LogP contribution in [0.2, 0.25) is 0 Å². The molecule has 0 spiro atoms. The van der Waals surface area contributed by atoms with Crippen molar-refractivity contribution in [3.63, 3.8) is 0 Å². The third-order valence-electron chi connectivity index (χ3n) is 5.71. The average molecular weight is 412 g/mol. The van der Waals surface area contributed by atoms with Crippen molar-refractivity contribution in [2.45, 2.75) is 26.6 Å². The number of nitrogens with one attached hydrogen (secondary N) is 1. The van der Waals surface area contributed by atoms with Gasteiger partial charge in [0.05, 0.1) is 0 Å². The van der Waals surface area contributed by atoms with E-state index in [2.05, 4.69) is 79.0 Å². The molecule has 0 radical (unpaired) electrons. The van der Waals surface area contributed by atoms with Gasteiger partial charge in [-0.25, -0.2) is 0 Å². The second-order valence-corrected chi connectivity index (χ2v) is 7.77. The Balaban J connectivity index is 1.35. The van der Waals surface area contributed by atoms with E-state index in [0.717, 1.165) is 29.4 Å². The van der Waals surface area contributed by atoms with Crippen LogP contribution < -0.4 is 19.5 Å². The minimum atomic E-state index is 0.295. The molecule has 0 saturated heterocycles. The van der Waals surface area contributed by atoms with E-state index in [1.165, 1.54) is 27.5 Å². The van der Waals surface area contributed by atoms with Gasteiger partial charge in [-0.15, -0.1) is 0 Å². The monoisotopic (exact) mass is 411 g/mol. The minimum Gasteiger partial charge on any atom is -0.489 e. The minimum absolute atomic E-state index is 0.295. The smallest absolute Gasteiger partial charge is 0.231 e. The average Bonchev–Trinajstić information content (AvgIpc) is 3.27. The number of benzene rings is 4. The summed E-state index contributed by atoms with van der Waals surface area (Å²) in [4.78, 5) is 0. The van der Waals surface area contributed by atoms with Gasteiger partial charge < -0.3 is 19.5 Å². The first-order chi connectivity index (χ1) is 15.3. The van der Waals surface area contributed by atoms with Crippen molar-refractivity contribution in [1.82, 2.24) is 5.32 Å². The van der Waals surface area contributed by atoms with E-state index in [1.807, 2.05) is 12.1 Å². The zero-order chi connectivity index (χ0) is 21.0. The lowest BCUT2D eigenvalue weighted by Crippen LogP contribution is -2.14. The first-order valence-corrected chi connectivity index (χ1v) is 10.5. The van der Waals surface area contributed by atoms with Crippen molar-refractivity contribution in [2.24, 2.45) is 0 Å². The van der Waals surface area contributed by atoms with E-state index >= 15 is 0 Å².